The van der Waals surface area contributed by atoms with Gasteiger partial charge in [-0.2, -0.15) is 15.4 Å². The number of carboxylic acid groups (broad SMARTS) is 1. The second kappa shape index (κ2) is 3.32. The van der Waals surface area contributed by atoms with Crippen molar-refractivity contribution in [2.45, 2.75) is 0 Å². The van der Waals surface area contributed by atoms with Crippen molar-refractivity contribution < 1.29 is 14.7 Å². The zero-order chi connectivity index (χ0) is 11.0. The van der Waals surface area contributed by atoms with E-state index >= 15 is 0 Å². The fraction of sp³-hybridized carbons (Fsp3) is 0. The zero-order valence-corrected chi connectivity index (χ0v) is 7.95. The lowest BCUT2D eigenvalue weighted by molar-refractivity contribution is 0.0693. The molecule has 0 spiro atoms. The summed E-state index contributed by atoms with van der Waals surface area (Å²) in [6, 6.07) is 2.72. The number of carbonyl (C=O) groups is 2. The van der Waals surface area contributed by atoms with E-state index in [0.29, 0.717) is 5.52 Å². The van der Waals surface area contributed by atoms with Gasteiger partial charge in [-0.1, -0.05) is 0 Å². The van der Waals surface area contributed by atoms with Crippen LogP contribution in [0.5, 0.6) is 0 Å². The summed E-state index contributed by atoms with van der Waals surface area (Å²) in [5, 5.41) is 17.7. The Kier molecular flexibility index (Phi) is 2.12. The molecular formula is C8H4ClN3O3. The average molecular weight is 226 g/mol. The molecule has 76 valence electrons. The number of aromatic nitrogens is 3. The molecule has 2 N–H and O–H groups in total. The average Bonchev–Trinajstić information content (AvgIpc) is 2.62. The number of hydrogen-bond donors (Lipinski definition) is 2. The van der Waals surface area contributed by atoms with Crippen molar-refractivity contribution in [2.24, 2.45) is 0 Å². The first-order valence-corrected chi connectivity index (χ1v) is 4.25. The molecule has 1 aromatic carbocycles. The Morgan fingerprint density at radius 2 is 2.07 bits per heavy atom. The van der Waals surface area contributed by atoms with Crippen molar-refractivity contribution in [1.29, 1.82) is 0 Å². The highest BCUT2D eigenvalue weighted by Crippen LogP contribution is 2.20. The van der Waals surface area contributed by atoms with Crippen molar-refractivity contribution >= 4 is 33.8 Å². The molecule has 0 fully saturated rings. The zero-order valence-electron chi connectivity index (χ0n) is 7.19. The molecule has 0 aliphatic carbocycles. The summed E-state index contributed by atoms with van der Waals surface area (Å²) in [6.07, 6.45) is 0. The van der Waals surface area contributed by atoms with E-state index in [1.54, 1.807) is 0 Å². The van der Waals surface area contributed by atoms with Crippen molar-refractivity contribution in [3.8, 4) is 0 Å². The van der Waals surface area contributed by atoms with Gasteiger partial charge in [0.1, 0.15) is 11.0 Å². The smallest absolute Gasteiger partial charge is 0.336 e. The third kappa shape index (κ3) is 1.44. The molecule has 15 heavy (non-hydrogen) atoms. The van der Waals surface area contributed by atoms with Gasteiger partial charge in [0.2, 0.25) is 0 Å². The van der Waals surface area contributed by atoms with E-state index in [4.69, 9.17) is 16.7 Å². The van der Waals surface area contributed by atoms with Gasteiger partial charge in [-0.25, -0.2) is 4.79 Å². The molecule has 0 aliphatic heterocycles. The summed E-state index contributed by atoms with van der Waals surface area (Å²) >= 11 is 5.30. The lowest BCUT2D eigenvalue weighted by atomic mass is 10.1. The van der Waals surface area contributed by atoms with Gasteiger partial charge in [0.15, 0.2) is 0 Å². The maximum Gasteiger partial charge on any atom is 0.336 e. The summed E-state index contributed by atoms with van der Waals surface area (Å²) in [5.41, 5.74) is 0.228. The maximum absolute atomic E-state index is 11.1. The van der Waals surface area contributed by atoms with Gasteiger partial charge >= 0.3 is 5.97 Å². The number of carbonyl (C=O) groups excluding carboxylic acids is 1. The van der Waals surface area contributed by atoms with Gasteiger partial charge in [0, 0.05) is 0 Å². The molecule has 0 bridgehead atoms. The van der Waals surface area contributed by atoms with E-state index in [-0.39, 0.29) is 16.6 Å². The molecule has 7 heteroatoms. The third-order valence-electron chi connectivity index (χ3n) is 1.92. The van der Waals surface area contributed by atoms with E-state index in [9.17, 15) is 9.59 Å². The molecule has 1 aromatic heterocycles. The van der Waals surface area contributed by atoms with E-state index in [1.165, 1.54) is 12.1 Å². The number of hydrogen-bond acceptors (Lipinski definition) is 4. The van der Waals surface area contributed by atoms with E-state index < -0.39 is 11.2 Å². The minimum Gasteiger partial charge on any atom is -0.478 e. The second-order valence-electron chi connectivity index (χ2n) is 2.76. The number of halogens is 1. The summed E-state index contributed by atoms with van der Waals surface area (Å²) < 4.78 is 0. The van der Waals surface area contributed by atoms with Crippen LogP contribution in [0.2, 0.25) is 0 Å². The number of aromatic amines is 1. The number of nitrogens with one attached hydrogen (secondary N) is 1. The monoisotopic (exact) mass is 225 g/mol. The number of benzene rings is 1. The molecule has 0 amide bonds. The van der Waals surface area contributed by atoms with Gasteiger partial charge in [0.25, 0.3) is 5.24 Å². The van der Waals surface area contributed by atoms with Gasteiger partial charge in [-0.15, -0.1) is 0 Å². The van der Waals surface area contributed by atoms with Crippen LogP contribution in [0.25, 0.3) is 11.0 Å². The Balaban J connectivity index is 2.87. The van der Waals surface area contributed by atoms with E-state index in [2.05, 4.69) is 15.4 Å². The lowest BCUT2D eigenvalue weighted by Crippen LogP contribution is -2.05. The number of carboxylic acids is 1. The molecule has 0 unspecified atom stereocenters. The summed E-state index contributed by atoms with van der Waals surface area (Å²) in [4.78, 5) is 21.9. The molecule has 2 rings (SSSR count). The fourth-order valence-corrected chi connectivity index (χ4v) is 1.48. The molecule has 0 aliphatic rings. The largest absolute Gasteiger partial charge is 0.478 e. The van der Waals surface area contributed by atoms with Crippen LogP contribution in [0, 0.1) is 0 Å². The minimum absolute atomic E-state index is 0.143. The molecule has 1 heterocycles. The highest BCUT2D eigenvalue weighted by molar-refractivity contribution is 6.69. The second-order valence-corrected chi connectivity index (χ2v) is 3.10. The van der Waals surface area contributed by atoms with Crippen LogP contribution in [-0.2, 0) is 0 Å². The summed E-state index contributed by atoms with van der Waals surface area (Å²) in [7, 11) is 0. The Bertz CT molecular complexity index is 563. The Hall–Kier alpha value is -1.95. The quantitative estimate of drug-likeness (QED) is 0.745. The first-order chi connectivity index (χ1) is 7.11. The third-order valence-corrected chi connectivity index (χ3v) is 2.10. The van der Waals surface area contributed by atoms with Gasteiger partial charge in [0.05, 0.1) is 11.1 Å². The van der Waals surface area contributed by atoms with Gasteiger partial charge < -0.3 is 5.11 Å². The van der Waals surface area contributed by atoms with Crippen molar-refractivity contribution in [3.05, 3.63) is 23.3 Å². The SMILES string of the molecule is O=C(O)c1ccc2n[nH]nc2c1C(=O)Cl. The molecule has 0 saturated heterocycles. The van der Waals surface area contributed by atoms with E-state index in [0.717, 1.165) is 0 Å². The van der Waals surface area contributed by atoms with Crippen LogP contribution in [-0.4, -0.2) is 31.7 Å². The van der Waals surface area contributed by atoms with Gasteiger partial charge in [-0.05, 0) is 23.7 Å². The van der Waals surface area contributed by atoms with Crippen LogP contribution < -0.4 is 0 Å². The van der Waals surface area contributed by atoms with Crippen LogP contribution in [0.1, 0.15) is 20.7 Å². The van der Waals surface area contributed by atoms with Crippen molar-refractivity contribution in [1.82, 2.24) is 15.4 Å². The predicted molar refractivity (Wildman–Crippen MR) is 51.0 cm³/mol. The fourth-order valence-electron chi connectivity index (χ4n) is 1.29. The van der Waals surface area contributed by atoms with E-state index in [1.807, 2.05) is 0 Å². The molecular weight excluding hydrogens is 222 g/mol. The predicted octanol–water partition coefficient (Wildman–Crippen LogP) is 1.04. The molecule has 2 aromatic rings. The Labute approximate surface area is 87.8 Å². The lowest BCUT2D eigenvalue weighted by Gasteiger charge is -2.00. The minimum atomic E-state index is -1.23. The highest BCUT2D eigenvalue weighted by Gasteiger charge is 2.20. The molecule has 0 radical (unpaired) electrons. The molecule has 0 saturated carbocycles. The first-order valence-electron chi connectivity index (χ1n) is 3.88. The first kappa shape index (κ1) is 9.60. The normalized spacial score (nSPS) is 10.5. The molecule has 0 atom stereocenters. The van der Waals surface area contributed by atoms with Crippen LogP contribution in [0.3, 0.4) is 0 Å². The topological polar surface area (TPSA) is 95.9 Å². The number of fused-ring (bicyclic) bond motifs is 1. The number of nitrogens with zero attached hydrogens (tertiary/aromatic N) is 2. The number of aromatic carboxylic acids is 1. The number of H-pyrrole nitrogens is 1. The number of rotatable bonds is 2. The van der Waals surface area contributed by atoms with Gasteiger partial charge in [-0.3, -0.25) is 4.79 Å². The van der Waals surface area contributed by atoms with Crippen molar-refractivity contribution in [3.63, 3.8) is 0 Å². The van der Waals surface area contributed by atoms with Crippen LogP contribution >= 0.6 is 11.6 Å². The Morgan fingerprint density at radius 3 is 2.67 bits per heavy atom. The van der Waals surface area contributed by atoms with Crippen molar-refractivity contribution in [2.75, 3.05) is 0 Å². The van der Waals surface area contributed by atoms with Crippen LogP contribution in [0.15, 0.2) is 12.1 Å². The Morgan fingerprint density at radius 1 is 1.33 bits per heavy atom. The summed E-state index contributed by atoms with van der Waals surface area (Å²) in [6.45, 7) is 0. The highest BCUT2D eigenvalue weighted by atomic mass is 35.5. The summed E-state index contributed by atoms with van der Waals surface area (Å²) in [5.74, 6) is -1.23. The van der Waals surface area contributed by atoms with Crippen LogP contribution in [0.4, 0.5) is 0 Å². The standard InChI is InChI=1S/C8H4ClN3O3/c9-7(13)5-3(8(14)15)1-2-4-6(5)11-12-10-4/h1-2H,(H,14,15)(H,10,11,12). The molecule has 6 nitrogen and oxygen atoms in total. The maximum atomic E-state index is 11.1.